The second-order valence-corrected chi connectivity index (χ2v) is 6.99. The first-order valence-corrected chi connectivity index (χ1v) is 8.97. The molecule has 1 saturated heterocycles. The summed E-state index contributed by atoms with van der Waals surface area (Å²) in [5, 5.41) is 4.06. The number of ether oxygens (including phenoxy) is 1. The average Bonchev–Trinajstić information content (AvgIpc) is 3.09. The molecule has 1 aliphatic rings. The van der Waals surface area contributed by atoms with E-state index in [-0.39, 0.29) is 11.8 Å². The van der Waals surface area contributed by atoms with Crippen LogP contribution in [0.2, 0.25) is 0 Å². The number of carbonyl (C=O) groups excluding carboxylic acids is 1. The molecule has 0 unspecified atom stereocenters. The van der Waals surface area contributed by atoms with Gasteiger partial charge < -0.3 is 14.2 Å². The fraction of sp³-hybridized carbons (Fsp3) is 0.211. The zero-order chi connectivity index (χ0) is 18.1. The van der Waals surface area contributed by atoms with Crippen molar-refractivity contribution in [2.24, 2.45) is 0 Å². The van der Waals surface area contributed by atoms with E-state index in [4.69, 9.17) is 9.26 Å². The summed E-state index contributed by atoms with van der Waals surface area (Å²) in [5.74, 6) is 1.80. The van der Waals surface area contributed by atoms with Crippen molar-refractivity contribution in [3.63, 3.8) is 0 Å². The quantitative estimate of drug-likeness (QED) is 0.651. The van der Waals surface area contributed by atoms with Gasteiger partial charge in [-0.3, -0.25) is 4.79 Å². The maximum absolute atomic E-state index is 12.5. The first-order valence-electron chi connectivity index (χ1n) is 8.17. The predicted octanol–water partition coefficient (Wildman–Crippen LogP) is 3.75. The van der Waals surface area contributed by atoms with Crippen LogP contribution in [0.4, 0.5) is 0 Å². The highest BCUT2D eigenvalue weighted by Crippen LogP contribution is 2.31. The number of nitrogens with zero attached hydrogens (tertiary/aromatic N) is 3. The number of hydrogen-bond donors (Lipinski definition) is 0. The molecule has 0 spiro atoms. The highest BCUT2D eigenvalue weighted by molar-refractivity contribution is 9.10. The number of methoxy groups -OCH3 is 1. The average molecular weight is 414 g/mol. The Labute approximate surface area is 158 Å². The first kappa shape index (κ1) is 16.8. The van der Waals surface area contributed by atoms with Crippen LogP contribution in [-0.4, -0.2) is 41.1 Å². The van der Waals surface area contributed by atoms with Gasteiger partial charge in [-0.25, -0.2) is 0 Å². The van der Waals surface area contributed by atoms with Gasteiger partial charge in [0.2, 0.25) is 11.7 Å². The van der Waals surface area contributed by atoms with Gasteiger partial charge in [0.1, 0.15) is 5.75 Å². The molecule has 0 radical (unpaired) electrons. The lowest BCUT2D eigenvalue weighted by Crippen LogP contribution is -2.48. The number of amides is 1. The Morgan fingerprint density at radius 2 is 2.04 bits per heavy atom. The van der Waals surface area contributed by atoms with Gasteiger partial charge in [0.15, 0.2) is 0 Å². The summed E-state index contributed by atoms with van der Waals surface area (Å²) in [7, 11) is 1.61. The van der Waals surface area contributed by atoms with E-state index >= 15 is 0 Å². The standard InChI is InChI=1S/C19H16BrN3O3/c1-25-16-8-3-2-7-15(16)17-21-18(26-22-17)13-10-23(11-13)19(24)12-5-4-6-14(20)9-12/h2-9,13H,10-11H2,1H3. The third-order valence-corrected chi connectivity index (χ3v) is 4.87. The topological polar surface area (TPSA) is 68.5 Å². The molecule has 26 heavy (non-hydrogen) atoms. The number of halogens is 1. The van der Waals surface area contributed by atoms with E-state index in [2.05, 4.69) is 26.1 Å². The third-order valence-electron chi connectivity index (χ3n) is 4.38. The number of hydrogen-bond acceptors (Lipinski definition) is 5. The number of likely N-dealkylation sites (tertiary alicyclic amines) is 1. The molecule has 2 heterocycles. The maximum Gasteiger partial charge on any atom is 0.253 e. The molecule has 132 valence electrons. The van der Waals surface area contributed by atoms with Crippen LogP contribution in [0.25, 0.3) is 11.4 Å². The molecule has 0 N–H and O–H groups in total. The molecular formula is C19H16BrN3O3. The predicted molar refractivity (Wildman–Crippen MR) is 99.1 cm³/mol. The lowest BCUT2D eigenvalue weighted by molar-refractivity contribution is 0.0569. The zero-order valence-electron chi connectivity index (χ0n) is 14.1. The van der Waals surface area contributed by atoms with Gasteiger partial charge in [-0.05, 0) is 30.3 Å². The number of carbonyl (C=O) groups is 1. The highest BCUT2D eigenvalue weighted by Gasteiger charge is 2.36. The molecule has 1 fully saturated rings. The molecule has 7 heteroatoms. The molecule has 1 aromatic heterocycles. The Bertz CT molecular complexity index is 950. The monoisotopic (exact) mass is 413 g/mol. The Hall–Kier alpha value is -2.67. The van der Waals surface area contributed by atoms with Gasteiger partial charge in [0.05, 0.1) is 18.6 Å². The Morgan fingerprint density at radius 1 is 1.23 bits per heavy atom. The van der Waals surface area contributed by atoms with Crippen molar-refractivity contribution in [2.45, 2.75) is 5.92 Å². The minimum Gasteiger partial charge on any atom is -0.496 e. The van der Waals surface area contributed by atoms with Crippen LogP contribution in [0.3, 0.4) is 0 Å². The second kappa shape index (κ2) is 6.92. The summed E-state index contributed by atoms with van der Waals surface area (Å²) in [4.78, 5) is 18.8. The molecule has 0 atom stereocenters. The SMILES string of the molecule is COc1ccccc1-c1noc(C2CN(C(=O)c3cccc(Br)c3)C2)n1. The van der Waals surface area contributed by atoms with Crippen molar-refractivity contribution in [2.75, 3.05) is 20.2 Å². The molecule has 1 aliphatic heterocycles. The van der Waals surface area contributed by atoms with Crippen molar-refractivity contribution in [1.29, 1.82) is 0 Å². The van der Waals surface area contributed by atoms with Gasteiger partial charge in [0.25, 0.3) is 5.91 Å². The van der Waals surface area contributed by atoms with Gasteiger partial charge in [-0.2, -0.15) is 4.98 Å². The molecule has 2 aromatic carbocycles. The molecule has 3 aromatic rings. The van der Waals surface area contributed by atoms with Crippen LogP contribution in [0.5, 0.6) is 5.75 Å². The van der Waals surface area contributed by atoms with E-state index in [1.165, 1.54) is 0 Å². The van der Waals surface area contributed by atoms with E-state index in [1.54, 1.807) is 12.0 Å². The number of rotatable bonds is 4. The van der Waals surface area contributed by atoms with Crippen LogP contribution in [0.1, 0.15) is 22.2 Å². The largest absolute Gasteiger partial charge is 0.496 e. The first-order chi connectivity index (χ1) is 12.7. The number of para-hydroxylation sites is 1. The lowest BCUT2D eigenvalue weighted by atomic mass is 9.98. The van der Waals surface area contributed by atoms with E-state index in [0.717, 1.165) is 10.0 Å². The van der Waals surface area contributed by atoms with Crippen LogP contribution < -0.4 is 4.74 Å². The fourth-order valence-corrected chi connectivity index (χ4v) is 3.34. The summed E-state index contributed by atoms with van der Waals surface area (Å²) >= 11 is 3.39. The zero-order valence-corrected chi connectivity index (χ0v) is 15.6. The smallest absolute Gasteiger partial charge is 0.253 e. The molecule has 1 amide bonds. The summed E-state index contributed by atoms with van der Waals surface area (Å²) < 4.78 is 11.6. The summed E-state index contributed by atoms with van der Waals surface area (Å²) in [6.07, 6.45) is 0. The van der Waals surface area contributed by atoms with Crippen molar-refractivity contribution in [3.8, 4) is 17.1 Å². The van der Waals surface area contributed by atoms with E-state index < -0.39 is 0 Å². The van der Waals surface area contributed by atoms with Gasteiger partial charge in [-0.1, -0.05) is 39.3 Å². The summed E-state index contributed by atoms with van der Waals surface area (Å²) in [5.41, 5.74) is 1.45. The molecular weight excluding hydrogens is 398 g/mol. The van der Waals surface area contributed by atoms with Crippen molar-refractivity contribution >= 4 is 21.8 Å². The van der Waals surface area contributed by atoms with E-state index in [9.17, 15) is 4.79 Å². The van der Waals surface area contributed by atoms with Crippen molar-refractivity contribution < 1.29 is 14.1 Å². The Morgan fingerprint density at radius 3 is 2.81 bits per heavy atom. The Balaban J connectivity index is 1.45. The Kier molecular flexibility index (Phi) is 4.46. The second-order valence-electron chi connectivity index (χ2n) is 6.07. The van der Waals surface area contributed by atoms with Crippen LogP contribution >= 0.6 is 15.9 Å². The molecule has 0 bridgehead atoms. The van der Waals surface area contributed by atoms with E-state index in [0.29, 0.717) is 36.1 Å². The maximum atomic E-state index is 12.5. The van der Waals surface area contributed by atoms with E-state index in [1.807, 2.05) is 48.5 Å². The van der Waals surface area contributed by atoms with Gasteiger partial charge in [0, 0.05) is 23.1 Å². The third kappa shape index (κ3) is 3.10. The van der Waals surface area contributed by atoms with Crippen LogP contribution in [0, 0.1) is 0 Å². The lowest BCUT2D eigenvalue weighted by Gasteiger charge is -2.37. The molecule has 6 nitrogen and oxygen atoms in total. The fourth-order valence-electron chi connectivity index (χ4n) is 2.94. The number of aromatic nitrogens is 2. The van der Waals surface area contributed by atoms with Crippen molar-refractivity contribution in [1.82, 2.24) is 15.0 Å². The molecule has 0 aliphatic carbocycles. The summed E-state index contributed by atoms with van der Waals surface area (Å²) in [6.45, 7) is 1.14. The minimum atomic E-state index is 0.00650. The van der Waals surface area contributed by atoms with Gasteiger partial charge >= 0.3 is 0 Å². The number of benzene rings is 2. The summed E-state index contributed by atoms with van der Waals surface area (Å²) in [6, 6.07) is 14.9. The van der Waals surface area contributed by atoms with Crippen LogP contribution in [-0.2, 0) is 0 Å². The normalized spacial score (nSPS) is 14.2. The molecule has 0 saturated carbocycles. The minimum absolute atomic E-state index is 0.00650. The van der Waals surface area contributed by atoms with Crippen molar-refractivity contribution in [3.05, 3.63) is 64.5 Å². The highest BCUT2D eigenvalue weighted by atomic mass is 79.9. The van der Waals surface area contributed by atoms with Crippen LogP contribution in [0.15, 0.2) is 57.5 Å². The molecule has 4 rings (SSSR count). The van der Waals surface area contributed by atoms with Gasteiger partial charge in [-0.15, -0.1) is 0 Å².